The van der Waals surface area contributed by atoms with E-state index in [2.05, 4.69) is 34.6 Å². The Labute approximate surface area is 218 Å². The first kappa shape index (κ1) is 27.0. The van der Waals surface area contributed by atoms with Crippen molar-refractivity contribution in [1.82, 2.24) is 0 Å². The van der Waals surface area contributed by atoms with Gasteiger partial charge in [0.15, 0.2) is 11.6 Å². The molecule has 2 saturated carbocycles. The highest BCUT2D eigenvalue weighted by molar-refractivity contribution is 5.99. The molecule has 1 aromatic rings. The molecule has 3 nitrogen and oxygen atoms in total. The average molecular weight is 491 g/mol. The highest BCUT2D eigenvalue weighted by Crippen LogP contribution is 2.65. The van der Waals surface area contributed by atoms with Crippen LogP contribution < -0.4 is 0 Å². The molecule has 3 heteroatoms. The Hall–Kier alpha value is -2.03. The Morgan fingerprint density at radius 2 is 1.72 bits per heavy atom. The van der Waals surface area contributed by atoms with E-state index in [-0.39, 0.29) is 28.8 Å². The molecule has 3 aliphatic carbocycles. The van der Waals surface area contributed by atoms with Crippen LogP contribution in [-0.2, 0) is 9.59 Å². The molecule has 3 aliphatic rings. The zero-order valence-electron chi connectivity index (χ0n) is 23.1. The maximum Gasteiger partial charge on any atom is 0.166 e. The average Bonchev–Trinajstić information content (AvgIpc) is 3.21. The van der Waals surface area contributed by atoms with Crippen LogP contribution in [0.4, 0.5) is 0 Å². The number of ketones is 2. The monoisotopic (exact) mass is 490 g/mol. The Balaban J connectivity index is 1.69. The van der Waals surface area contributed by atoms with Gasteiger partial charge in [0.2, 0.25) is 0 Å². The number of rotatable bonds is 9. The van der Waals surface area contributed by atoms with E-state index >= 15 is 0 Å². The second kappa shape index (κ2) is 10.8. The first-order valence-electron chi connectivity index (χ1n) is 14.4. The third kappa shape index (κ3) is 4.92. The molecular formula is C33H46O3. The van der Waals surface area contributed by atoms with E-state index in [9.17, 15) is 14.4 Å². The number of hydrogen-bond donors (Lipinski definition) is 0. The summed E-state index contributed by atoms with van der Waals surface area (Å²) < 4.78 is 0. The lowest BCUT2D eigenvalue weighted by molar-refractivity contribution is -0.118. The molecule has 2 fully saturated rings. The van der Waals surface area contributed by atoms with Gasteiger partial charge in [0.25, 0.3) is 0 Å². The minimum Gasteiger partial charge on any atom is -0.298 e. The highest BCUT2D eigenvalue weighted by atomic mass is 16.1. The highest BCUT2D eigenvalue weighted by Gasteiger charge is 2.60. The van der Waals surface area contributed by atoms with Gasteiger partial charge < -0.3 is 0 Å². The fraction of sp³-hybridized carbons (Fsp3) is 0.667. The zero-order valence-corrected chi connectivity index (χ0v) is 23.1. The number of benzene rings is 1. The summed E-state index contributed by atoms with van der Waals surface area (Å²) in [6.07, 6.45) is 11.8. The van der Waals surface area contributed by atoms with Gasteiger partial charge in [-0.15, -0.1) is 0 Å². The lowest BCUT2D eigenvalue weighted by atomic mass is 9.49. The summed E-state index contributed by atoms with van der Waals surface area (Å²) in [5.41, 5.74) is 1.12. The first-order chi connectivity index (χ1) is 17.1. The van der Waals surface area contributed by atoms with Crippen molar-refractivity contribution in [3.8, 4) is 0 Å². The van der Waals surface area contributed by atoms with E-state index in [1.165, 1.54) is 25.7 Å². The Kier molecular flexibility index (Phi) is 8.07. The van der Waals surface area contributed by atoms with E-state index in [1.807, 2.05) is 30.3 Å². The minimum atomic E-state index is -0.424. The SMILES string of the molecule is CC(C)CCC[C@@H](C)[C@H]1CC[C@H]2[C@H](C(=O)c3ccccc3)[C@@H]([C@@]3(C)CCC(=O)C=C3C=O)CC[C@]12C. The maximum atomic E-state index is 14.3. The normalized spacial score (nSPS) is 35.3. The predicted molar refractivity (Wildman–Crippen MR) is 146 cm³/mol. The molecule has 0 unspecified atom stereocenters. The molecule has 0 aliphatic heterocycles. The quantitative estimate of drug-likeness (QED) is 0.261. The summed E-state index contributed by atoms with van der Waals surface area (Å²) in [4.78, 5) is 38.7. The lowest BCUT2D eigenvalue weighted by Crippen LogP contribution is -2.51. The summed E-state index contributed by atoms with van der Waals surface area (Å²) in [5.74, 6) is 2.63. The molecule has 0 saturated heterocycles. The summed E-state index contributed by atoms with van der Waals surface area (Å²) in [6, 6.07) is 9.78. The Bertz CT molecular complexity index is 991. The van der Waals surface area contributed by atoms with Gasteiger partial charge in [0, 0.05) is 23.5 Å². The van der Waals surface area contributed by atoms with Crippen molar-refractivity contribution in [3.63, 3.8) is 0 Å². The molecule has 36 heavy (non-hydrogen) atoms. The molecule has 196 valence electrons. The fourth-order valence-electron chi connectivity index (χ4n) is 8.55. The van der Waals surface area contributed by atoms with Gasteiger partial charge >= 0.3 is 0 Å². The molecule has 0 heterocycles. The van der Waals surface area contributed by atoms with Crippen LogP contribution in [0.3, 0.4) is 0 Å². The van der Waals surface area contributed by atoms with Gasteiger partial charge in [-0.2, -0.15) is 0 Å². The number of hydrogen-bond acceptors (Lipinski definition) is 3. The summed E-state index contributed by atoms with van der Waals surface area (Å²) in [7, 11) is 0. The van der Waals surface area contributed by atoms with E-state index in [0.717, 1.165) is 37.0 Å². The van der Waals surface area contributed by atoms with E-state index in [4.69, 9.17) is 0 Å². The smallest absolute Gasteiger partial charge is 0.166 e. The molecule has 0 N–H and O–H groups in total. The van der Waals surface area contributed by atoms with Gasteiger partial charge in [-0.1, -0.05) is 84.2 Å². The molecule has 0 bridgehead atoms. The number of fused-ring (bicyclic) bond motifs is 1. The third-order valence-corrected chi connectivity index (χ3v) is 10.6. The van der Waals surface area contributed by atoms with Gasteiger partial charge in [0.1, 0.15) is 6.29 Å². The standard InChI is InChI=1S/C33H46O3/c1-22(2)10-9-11-23(3)27-14-15-28-30(31(36)24-12-7-6-8-13-24)29(17-19-33(27,28)5)32(4)18-16-26(35)20-25(32)21-34/h6-8,12-13,20-23,27-30H,9-11,14-19H2,1-5H3/t23-,27-,28+,29+,30+,32+,33-/m1/s1. The summed E-state index contributed by atoms with van der Waals surface area (Å²) in [5, 5.41) is 0. The van der Waals surface area contributed by atoms with Crippen LogP contribution in [0.5, 0.6) is 0 Å². The van der Waals surface area contributed by atoms with Gasteiger partial charge in [0.05, 0.1) is 0 Å². The zero-order chi connectivity index (χ0) is 26.1. The second-order valence-electron chi connectivity index (χ2n) is 13.1. The van der Waals surface area contributed by atoms with Crippen molar-refractivity contribution < 1.29 is 14.4 Å². The fourth-order valence-corrected chi connectivity index (χ4v) is 8.55. The Morgan fingerprint density at radius 3 is 2.39 bits per heavy atom. The predicted octanol–water partition coefficient (Wildman–Crippen LogP) is 7.88. The van der Waals surface area contributed by atoms with Crippen LogP contribution in [0.1, 0.15) is 103 Å². The van der Waals surface area contributed by atoms with Crippen LogP contribution in [0.2, 0.25) is 0 Å². The molecule has 0 radical (unpaired) electrons. The van der Waals surface area contributed by atoms with E-state index in [0.29, 0.717) is 36.2 Å². The van der Waals surface area contributed by atoms with Crippen molar-refractivity contribution in [2.24, 2.45) is 46.3 Å². The molecule has 0 amide bonds. The number of allylic oxidation sites excluding steroid dienone is 2. The number of carbonyl (C=O) groups is 3. The van der Waals surface area contributed by atoms with E-state index in [1.54, 1.807) is 6.08 Å². The van der Waals surface area contributed by atoms with Crippen LogP contribution in [-0.4, -0.2) is 17.9 Å². The summed E-state index contributed by atoms with van der Waals surface area (Å²) >= 11 is 0. The van der Waals surface area contributed by atoms with Crippen molar-refractivity contribution >= 4 is 17.9 Å². The minimum absolute atomic E-state index is 0.0392. The maximum absolute atomic E-state index is 14.3. The molecule has 0 aromatic heterocycles. The lowest BCUT2D eigenvalue weighted by Gasteiger charge is -2.54. The number of carbonyl (C=O) groups excluding carboxylic acids is 3. The van der Waals surface area contributed by atoms with Crippen LogP contribution in [0, 0.1) is 46.3 Å². The van der Waals surface area contributed by atoms with E-state index < -0.39 is 5.41 Å². The number of Topliss-reactive ketones (excluding diaryl/α,β-unsaturated/α-hetero) is 1. The molecular weight excluding hydrogens is 444 g/mol. The molecule has 0 spiro atoms. The van der Waals surface area contributed by atoms with Crippen molar-refractivity contribution in [1.29, 1.82) is 0 Å². The second-order valence-corrected chi connectivity index (χ2v) is 13.1. The van der Waals surface area contributed by atoms with Crippen LogP contribution in [0.15, 0.2) is 42.0 Å². The van der Waals surface area contributed by atoms with Gasteiger partial charge in [-0.3, -0.25) is 14.4 Å². The van der Waals surface area contributed by atoms with Gasteiger partial charge in [-0.25, -0.2) is 0 Å². The van der Waals surface area contributed by atoms with Crippen molar-refractivity contribution in [2.45, 2.75) is 92.4 Å². The van der Waals surface area contributed by atoms with Crippen LogP contribution >= 0.6 is 0 Å². The Morgan fingerprint density at radius 1 is 1.00 bits per heavy atom. The number of aldehydes is 1. The third-order valence-electron chi connectivity index (χ3n) is 10.6. The topological polar surface area (TPSA) is 51.2 Å². The molecule has 4 rings (SSSR count). The molecule has 7 atom stereocenters. The first-order valence-corrected chi connectivity index (χ1v) is 14.4. The summed E-state index contributed by atoms with van der Waals surface area (Å²) in [6.45, 7) is 11.7. The molecule has 1 aromatic carbocycles. The largest absolute Gasteiger partial charge is 0.298 e. The van der Waals surface area contributed by atoms with Crippen LogP contribution in [0.25, 0.3) is 0 Å². The van der Waals surface area contributed by atoms with Crippen molar-refractivity contribution in [2.75, 3.05) is 0 Å². The van der Waals surface area contributed by atoms with Crippen molar-refractivity contribution in [3.05, 3.63) is 47.5 Å². The van der Waals surface area contributed by atoms with Gasteiger partial charge in [-0.05, 0) is 78.6 Å².